The molecule has 1 saturated heterocycles. The van der Waals surface area contributed by atoms with Gasteiger partial charge < -0.3 is 10.2 Å². The molecule has 8 nitrogen and oxygen atoms in total. The van der Waals surface area contributed by atoms with Crippen molar-refractivity contribution < 1.29 is 13.2 Å². The van der Waals surface area contributed by atoms with Crippen LogP contribution < -0.4 is 14.9 Å². The van der Waals surface area contributed by atoms with Crippen molar-refractivity contribution in [2.75, 3.05) is 28.0 Å². The lowest BCUT2D eigenvalue weighted by Gasteiger charge is -2.30. The third-order valence-electron chi connectivity index (χ3n) is 5.24. The number of sulfonamides is 1. The molecule has 1 fully saturated rings. The topological polar surface area (TPSA) is 104 Å². The lowest BCUT2D eigenvalue weighted by atomic mass is 10.00. The molecule has 0 spiro atoms. The Hall–Kier alpha value is -2.68. The van der Waals surface area contributed by atoms with Crippen molar-refractivity contribution >= 4 is 33.3 Å². The molecule has 0 saturated carbocycles. The molecule has 9 heteroatoms. The number of aryl methyl sites for hydroxylation is 1. The van der Waals surface area contributed by atoms with Crippen LogP contribution in [-0.4, -0.2) is 37.4 Å². The SMILES string of the molecule is CC1CCN(c2ncc(NS(=O)(=O)c3ccc4c(c3)CCC(=O)N4)cn2)CC1. The molecule has 28 heavy (non-hydrogen) atoms. The maximum atomic E-state index is 12.7. The summed E-state index contributed by atoms with van der Waals surface area (Å²) in [5.74, 6) is 1.29. The third kappa shape index (κ3) is 3.94. The first-order valence-corrected chi connectivity index (χ1v) is 10.9. The van der Waals surface area contributed by atoms with Crippen molar-refractivity contribution in [3.8, 4) is 0 Å². The molecule has 148 valence electrons. The summed E-state index contributed by atoms with van der Waals surface area (Å²) >= 11 is 0. The summed E-state index contributed by atoms with van der Waals surface area (Å²) in [7, 11) is -3.76. The number of nitrogens with zero attached hydrogens (tertiary/aromatic N) is 3. The van der Waals surface area contributed by atoms with Gasteiger partial charge in [-0.15, -0.1) is 0 Å². The summed E-state index contributed by atoms with van der Waals surface area (Å²) in [4.78, 5) is 22.4. The monoisotopic (exact) mass is 401 g/mol. The van der Waals surface area contributed by atoms with E-state index in [4.69, 9.17) is 0 Å². The number of hydrogen-bond acceptors (Lipinski definition) is 6. The quantitative estimate of drug-likeness (QED) is 0.815. The van der Waals surface area contributed by atoms with E-state index in [1.54, 1.807) is 12.1 Å². The lowest BCUT2D eigenvalue weighted by Crippen LogP contribution is -2.34. The highest BCUT2D eigenvalue weighted by Gasteiger charge is 2.21. The molecule has 0 unspecified atom stereocenters. The molecule has 3 heterocycles. The number of hydrogen-bond donors (Lipinski definition) is 2. The Balaban J connectivity index is 1.48. The maximum Gasteiger partial charge on any atom is 0.262 e. The van der Waals surface area contributed by atoms with Gasteiger partial charge >= 0.3 is 0 Å². The Morgan fingerprint density at radius 1 is 1.14 bits per heavy atom. The number of fused-ring (bicyclic) bond motifs is 1. The molecular formula is C19H23N5O3S. The molecule has 1 amide bonds. The van der Waals surface area contributed by atoms with E-state index < -0.39 is 10.0 Å². The molecule has 1 aromatic heterocycles. The fraction of sp³-hybridized carbons (Fsp3) is 0.421. The Kier molecular flexibility index (Phi) is 4.92. The summed E-state index contributed by atoms with van der Waals surface area (Å²) in [6.45, 7) is 4.07. The van der Waals surface area contributed by atoms with Crippen LogP contribution in [-0.2, 0) is 21.2 Å². The van der Waals surface area contributed by atoms with Crippen LogP contribution in [0.5, 0.6) is 0 Å². The van der Waals surface area contributed by atoms with Gasteiger partial charge in [0.1, 0.15) is 0 Å². The van der Waals surface area contributed by atoms with E-state index in [1.807, 2.05) is 0 Å². The van der Waals surface area contributed by atoms with E-state index in [9.17, 15) is 13.2 Å². The van der Waals surface area contributed by atoms with Crippen LogP contribution in [0, 0.1) is 5.92 Å². The normalized spacial score (nSPS) is 17.8. The van der Waals surface area contributed by atoms with Crippen LogP contribution >= 0.6 is 0 Å². The smallest absolute Gasteiger partial charge is 0.262 e. The van der Waals surface area contributed by atoms with Crippen LogP contribution in [0.4, 0.5) is 17.3 Å². The van der Waals surface area contributed by atoms with Crippen LogP contribution in [0.1, 0.15) is 31.7 Å². The summed E-state index contributed by atoms with van der Waals surface area (Å²) in [6.07, 6.45) is 6.09. The number of nitrogens with one attached hydrogen (secondary N) is 2. The van der Waals surface area contributed by atoms with Crippen molar-refractivity contribution in [1.29, 1.82) is 0 Å². The number of benzene rings is 1. The predicted molar refractivity (Wildman–Crippen MR) is 107 cm³/mol. The second-order valence-corrected chi connectivity index (χ2v) is 9.10. The zero-order chi connectivity index (χ0) is 19.7. The van der Waals surface area contributed by atoms with Gasteiger partial charge in [0.25, 0.3) is 10.0 Å². The summed E-state index contributed by atoms with van der Waals surface area (Å²) in [5, 5.41) is 2.75. The number of carbonyl (C=O) groups excluding carboxylic acids is 1. The molecule has 2 N–H and O–H groups in total. The van der Waals surface area contributed by atoms with Crippen molar-refractivity contribution in [1.82, 2.24) is 9.97 Å². The van der Waals surface area contributed by atoms with E-state index in [0.29, 0.717) is 36.1 Å². The average Bonchev–Trinajstić information content (AvgIpc) is 2.68. The molecule has 0 aliphatic carbocycles. The van der Waals surface area contributed by atoms with Crippen LogP contribution in [0.3, 0.4) is 0 Å². The number of rotatable bonds is 4. The minimum atomic E-state index is -3.76. The Bertz CT molecular complexity index is 983. The minimum Gasteiger partial charge on any atom is -0.341 e. The van der Waals surface area contributed by atoms with Gasteiger partial charge in [0.2, 0.25) is 11.9 Å². The molecule has 0 atom stereocenters. The molecule has 0 bridgehead atoms. The Morgan fingerprint density at radius 3 is 2.57 bits per heavy atom. The highest BCUT2D eigenvalue weighted by atomic mass is 32.2. The first kappa shape index (κ1) is 18.7. The van der Waals surface area contributed by atoms with Gasteiger partial charge in [0.15, 0.2) is 0 Å². The van der Waals surface area contributed by atoms with Crippen molar-refractivity contribution in [2.45, 2.75) is 37.5 Å². The van der Waals surface area contributed by atoms with Gasteiger partial charge in [-0.2, -0.15) is 0 Å². The van der Waals surface area contributed by atoms with Gasteiger partial charge in [-0.1, -0.05) is 6.92 Å². The molecule has 0 radical (unpaired) electrons. The molecule has 2 aromatic rings. The molecule has 4 rings (SSSR count). The van der Waals surface area contributed by atoms with Crippen LogP contribution in [0.25, 0.3) is 0 Å². The van der Waals surface area contributed by atoms with E-state index in [1.165, 1.54) is 18.5 Å². The van der Waals surface area contributed by atoms with Crippen molar-refractivity contribution in [3.05, 3.63) is 36.2 Å². The van der Waals surface area contributed by atoms with Gasteiger partial charge in [-0.25, -0.2) is 18.4 Å². The maximum absolute atomic E-state index is 12.7. The van der Waals surface area contributed by atoms with Gasteiger partial charge in [0.05, 0.1) is 23.0 Å². The Labute approximate surface area is 164 Å². The van der Waals surface area contributed by atoms with Crippen molar-refractivity contribution in [3.63, 3.8) is 0 Å². The fourth-order valence-corrected chi connectivity index (χ4v) is 4.56. The third-order valence-corrected chi connectivity index (χ3v) is 6.62. The minimum absolute atomic E-state index is 0.0540. The summed E-state index contributed by atoms with van der Waals surface area (Å²) < 4.78 is 27.9. The highest BCUT2D eigenvalue weighted by Crippen LogP contribution is 2.26. The summed E-state index contributed by atoms with van der Waals surface area (Å²) in [5.41, 5.74) is 1.80. The zero-order valence-corrected chi connectivity index (χ0v) is 16.5. The highest BCUT2D eigenvalue weighted by molar-refractivity contribution is 7.92. The zero-order valence-electron chi connectivity index (χ0n) is 15.7. The van der Waals surface area contributed by atoms with E-state index >= 15 is 0 Å². The first-order chi connectivity index (χ1) is 13.4. The van der Waals surface area contributed by atoms with E-state index in [-0.39, 0.29) is 10.8 Å². The number of anilines is 3. The lowest BCUT2D eigenvalue weighted by molar-refractivity contribution is -0.116. The molecule has 2 aliphatic rings. The first-order valence-electron chi connectivity index (χ1n) is 9.43. The molecule has 2 aliphatic heterocycles. The number of aromatic nitrogens is 2. The second-order valence-electron chi connectivity index (χ2n) is 7.41. The molecular weight excluding hydrogens is 378 g/mol. The van der Waals surface area contributed by atoms with Crippen molar-refractivity contribution in [2.24, 2.45) is 5.92 Å². The van der Waals surface area contributed by atoms with Gasteiger partial charge in [-0.3, -0.25) is 9.52 Å². The van der Waals surface area contributed by atoms with Gasteiger partial charge in [0, 0.05) is 25.2 Å². The van der Waals surface area contributed by atoms with Crippen LogP contribution in [0.15, 0.2) is 35.5 Å². The van der Waals surface area contributed by atoms with E-state index in [2.05, 4.69) is 31.8 Å². The standard InChI is InChI=1S/C19H23N5O3S/c1-13-6-8-24(9-7-13)19-20-11-15(12-21-19)23-28(26,27)16-3-4-17-14(10-16)2-5-18(25)22-17/h3-4,10-13,23H,2,5-9H2,1H3,(H,22,25). The predicted octanol–water partition coefficient (Wildman–Crippen LogP) is 2.40. The van der Waals surface area contributed by atoms with Gasteiger partial charge in [-0.05, 0) is 48.9 Å². The number of amides is 1. The summed E-state index contributed by atoms with van der Waals surface area (Å²) in [6, 6.07) is 4.70. The average molecular weight is 401 g/mol. The molecule has 1 aromatic carbocycles. The van der Waals surface area contributed by atoms with Crippen LogP contribution in [0.2, 0.25) is 0 Å². The second kappa shape index (κ2) is 7.38. The number of piperidine rings is 1. The fourth-order valence-electron chi connectivity index (χ4n) is 3.49. The number of carbonyl (C=O) groups is 1. The Morgan fingerprint density at radius 2 is 1.86 bits per heavy atom. The van der Waals surface area contributed by atoms with E-state index in [0.717, 1.165) is 31.5 Å². The largest absolute Gasteiger partial charge is 0.341 e.